The quantitative estimate of drug-likeness (QED) is 0.312. The molecule has 0 heterocycles. The molecule has 0 radical (unpaired) electrons. The Morgan fingerprint density at radius 2 is 1.32 bits per heavy atom. The lowest BCUT2D eigenvalue weighted by molar-refractivity contribution is -0.143. The van der Waals surface area contributed by atoms with Crippen molar-refractivity contribution in [2.45, 2.75) is 44.7 Å². The Hall–Kier alpha value is -3.50. The lowest BCUT2D eigenvalue weighted by Gasteiger charge is -2.23. The van der Waals surface area contributed by atoms with E-state index in [1.54, 1.807) is 13.8 Å². The van der Waals surface area contributed by atoms with Gasteiger partial charge in [0.05, 0.1) is 22.6 Å². The van der Waals surface area contributed by atoms with E-state index < -0.39 is 58.2 Å². The number of rotatable bonds is 6. The molecular formula is C27H21F9O2. The number of carboxylic acids is 1. The van der Waals surface area contributed by atoms with E-state index in [2.05, 4.69) is 0 Å². The number of hydrogen-bond donors (Lipinski definition) is 1. The molecule has 204 valence electrons. The van der Waals surface area contributed by atoms with Crippen LogP contribution in [-0.4, -0.2) is 11.1 Å². The second-order valence-corrected chi connectivity index (χ2v) is 9.12. The number of aliphatic carboxylic acids is 1. The summed E-state index contributed by atoms with van der Waals surface area (Å²) in [5, 5.41) is 9.84. The van der Waals surface area contributed by atoms with Gasteiger partial charge in [0.1, 0.15) is 0 Å². The first-order chi connectivity index (χ1) is 17.4. The molecule has 3 aromatic carbocycles. The molecule has 0 aliphatic carbocycles. The van der Waals surface area contributed by atoms with E-state index in [1.807, 2.05) is 0 Å². The highest BCUT2D eigenvalue weighted by atomic mass is 19.4. The van der Waals surface area contributed by atoms with Crippen LogP contribution < -0.4 is 0 Å². The van der Waals surface area contributed by atoms with Crippen molar-refractivity contribution in [3.63, 3.8) is 0 Å². The van der Waals surface area contributed by atoms with Gasteiger partial charge in [0, 0.05) is 0 Å². The number of hydrogen-bond acceptors (Lipinski definition) is 1. The Labute approximate surface area is 211 Å². The fourth-order valence-corrected chi connectivity index (χ4v) is 4.27. The first-order valence-electron chi connectivity index (χ1n) is 11.2. The van der Waals surface area contributed by atoms with Gasteiger partial charge in [-0.1, -0.05) is 50.2 Å². The topological polar surface area (TPSA) is 37.3 Å². The van der Waals surface area contributed by atoms with E-state index in [9.17, 15) is 49.4 Å². The van der Waals surface area contributed by atoms with Crippen LogP contribution in [0.3, 0.4) is 0 Å². The molecule has 1 unspecified atom stereocenters. The third-order valence-electron chi connectivity index (χ3n) is 5.92. The van der Waals surface area contributed by atoms with Crippen LogP contribution >= 0.6 is 0 Å². The lowest BCUT2D eigenvalue weighted by atomic mass is 9.82. The van der Waals surface area contributed by atoms with Gasteiger partial charge in [-0.2, -0.15) is 39.5 Å². The smallest absolute Gasteiger partial charge is 0.417 e. The minimum absolute atomic E-state index is 0.0178. The molecular weight excluding hydrogens is 527 g/mol. The van der Waals surface area contributed by atoms with Crippen LogP contribution in [0.4, 0.5) is 39.5 Å². The maximum atomic E-state index is 13.9. The summed E-state index contributed by atoms with van der Waals surface area (Å²) in [5.74, 6) is -2.84. The van der Waals surface area contributed by atoms with Crippen molar-refractivity contribution < 1.29 is 49.4 Å². The molecule has 2 nitrogen and oxygen atoms in total. The van der Waals surface area contributed by atoms with Gasteiger partial charge in [-0.3, -0.25) is 4.79 Å². The average molecular weight is 548 g/mol. The van der Waals surface area contributed by atoms with Crippen LogP contribution in [0.25, 0.3) is 22.3 Å². The van der Waals surface area contributed by atoms with Crippen LogP contribution in [0.5, 0.6) is 0 Å². The monoisotopic (exact) mass is 548 g/mol. The lowest BCUT2D eigenvalue weighted by Crippen LogP contribution is -2.16. The third-order valence-corrected chi connectivity index (χ3v) is 5.92. The summed E-state index contributed by atoms with van der Waals surface area (Å²) in [6, 6.07) is 8.33. The molecule has 0 amide bonds. The minimum Gasteiger partial charge on any atom is -0.481 e. The summed E-state index contributed by atoms with van der Waals surface area (Å²) in [6.07, 6.45) is -15.2. The Morgan fingerprint density at radius 3 is 1.84 bits per heavy atom. The van der Waals surface area contributed by atoms with Gasteiger partial charge in [-0.05, 0) is 64.4 Å². The number of alkyl halides is 9. The predicted molar refractivity (Wildman–Crippen MR) is 122 cm³/mol. The Balaban J connectivity index is 2.38. The van der Waals surface area contributed by atoms with E-state index in [0.717, 1.165) is 36.4 Å². The molecule has 1 atom stereocenters. The Morgan fingerprint density at radius 1 is 0.711 bits per heavy atom. The predicted octanol–water partition coefficient (Wildman–Crippen LogP) is 9.29. The largest absolute Gasteiger partial charge is 0.481 e. The van der Waals surface area contributed by atoms with E-state index in [0.29, 0.717) is 12.1 Å². The molecule has 3 aromatic rings. The zero-order chi connectivity index (χ0) is 28.6. The SMILES string of the molecule is CC(C)CC(C(=O)O)c1ccc(-c2ccc(C(F)(F)F)cc2C(F)(F)F)cc1-c1ccccc1C(F)(F)F. The molecule has 0 bridgehead atoms. The second-order valence-electron chi connectivity index (χ2n) is 9.12. The fraction of sp³-hybridized carbons (Fsp3) is 0.296. The van der Waals surface area contributed by atoms with Crippen LogP contribution in [0.1, 0.15) is 48.4 Å². The highest BCUT2D eigenvalue weighted by Crippen LogP contribution is 2.45. The fourth-order valence-electron chi connectivity index (χ4n) is 4.27. The van der Waals surface area contributed by atoms with Gasteiger partial charge < -0.3 is 5.11 Å². The number of benzene rings is 3. The van der Waals surface area contributed by atoms with Crippen LogP contribution in [0.15, 0.2) is 60.7 Å². The van der Waals surface area contributed by atoms with Gasteiger partial charge in [0.25, 0.3) is 0 Å². The van der Waals surface area contributed by atoms with Crippen LogP contribution in [-0.2, 0) is 23.3 Å². The highest BCUT2D eigenvalue weighted by molar-refractivity contribution is 5.85. The maximum Gasteiger partial charge on any atom is 0.417 e. The van der Waals surface area contributed by atoms with Gasteiger partial charge in [-0.25, -0.2) is 0 Å². The first-order valence-corrected chi connectivity index (χ1v) is 11.2. The van der Waals surface area contributed by atoms with Crippen molar-refractivity contribution in [2.24, 2.45) is 5.92 Å². The van der Waals surface area contributed by atoms with E-state index in [1.165, 1.54) is 6.07 Å². The Kier molecular flexibility index (Phi) is 7.91. The van der Waals surface area contributed by atoms with Gasteiger partial charge in [0.15, 0.2) is 0 Å². The zero-order valence-corrected chi connectivity index (χ0v) is 19.9. The van der Waals surface area contributed by atoms with Crippen molar-refractivity contribution >= 4 is 5.97 Å². The van der Waals surface area contributed by atoms with Crippen molar-refractivity contribution in [1.82, 2.24) is 0 Å². The Bertz CT molecular complexity index is 1320. The number of carbonyl (C=O) groups is 1. The van der Waals surface area contributed by atoms with E-state index in [-0.39, 0.29) is 35.1 Å². The third kappa shape index (κ3) is 6.31. The van der Waals surface area contributed by atoms with Crippen molar-refractivity contribution in [1.29, 1.82) is 0 Å². The summed E-state index contributed by atoms with van der Waals surface area (Å²) in [4.78, 5) is 12.1. The van der Waals surface area contributed by atoms with Gasteiger partial charge in [0.2, 0.25) is 0 Å². The molecule has 0 fully saturated rings. The maximum absolute atomic E-state index is 13.9. The van der Waals surface area contributed by atoms with Crippen molar-refractivity contribution in [3.05, 3.63) is 82.9 Å². The molecule has 1 N–H and O–H groups in total. The van der Waals surface area contributed by atoms with Crippen molar-refractivity contribution in [3.8, 4) is 22.3 Å². The minimum atomic E-state index is -5.22. The molecule has 3 rings (SSSR count). The summed E-state index contributed by atoms with van der Waals surface area (Å²) >= 11 is 0. The average Bonchev–Trinajstić information content (AvgIpc) is 2.80. The number of halogens is 9. The standard InChI is InChI=1S/C27H21F9O2/c1-14(2)11-21(24(37)38)18-9-7-15(12-20(18)19-5-3-4-6-22(19)26(31,32)33)17-10-8-16(25(28,29)30)13-23(17)27(34,35)36/h3-10,12-14,21H,11H2,1-2H3,(H,37,38). The van der Waals surface area contributed by atoms with Gasteiger partial charge in [-0.15, -0.1) is 0 Å². The molecule has 38 heavy (non-hydrogen) atoms. The second kappa shape index (κ2) is 10.3. The summed E-state index contributed by atoms with van der Waals surface area (Å²) in [6.45, 7) is 3.40. The van der Waals surface area contributed by atoms with Gasteiger partial charge >= 0.3 is 24.5 Å². The molecule has 0 saturated carbocycles. The van der Waals surface area contributed by atoms with E-state index in [4.69, 9.17) is 0 Å². The zero-order valence-electron chi connectivity index (χ0n) is 19.9. The molecule has 0 aliphatic rings. The van der Waals surface area contributed by atoms with Crippen LogP contribution in [0.2, 0.25) is 0 Å². The molecule has 11 heteroatoms. The molecule has 0 aromatic heterocycles. The summed E-state index contributed by atoms with van der Waals surface area (Å²) < 4.78 is 122. The molecule has 0 aliphatic heterocycles. The first kappa shape index (κ1) is 29.1. The molecule has 0 spiro atoms. The highest BCUT2D eigenvalue weighted by Gasteiger charge is 2.39. The summed E-state index contributed by atoms with van der Waals surface area (Å²) in [5.41, 5.74) is -6.15. The normalized spacial score (nSPS) is 13.6. The van der Waals surface area contributed by atoms with Crippen molar-refractivity contribution in [2.75, 3.05) is 0 Å². The van der Waals surface area contributed by atoms with E-state index >= 15 is 0 Å². The van der Waals surface area contributed by atoms with Crippen LogP contribution in [0, 0.1) is 5.92 Å². The molecule has 0 saturated heterocycles. The summed E-state index contributed by atoms with van der Waals surface area (Å²) in [7, 11) is 0. The number of carboxylic acid groups (broad SMARTS) is 1.